The van der Waals surface area contributed by atoms with E-state index in [1.165, 1.54) is 45.3 Å². The van der Waals surface area contributed by atoms with E-state index in [4.69, 9.17) is 0 Å². The molecular formula is C13H28N2. The highest BCUT2D eigenvalue weighted by Gasteiger charge is 2.33. The molecule has 1 aliphatic carbocycles. The Hall–Kier alpha value is -0.0800. The van der Waals surface area contributed by atoms with Crippen LogP contribution < -0.4 is 5.32 Å². The van der Waals surface area contributed by atoms with E-state index in [0.29, 0.717) is 5.41 Å². The van der Waals surface area contributed by atoms with E-state index in [0.717, 1.165) is 5.92 Å². The molecular weight excluding hydrogens is 184 g/mol. The molecule has 1 saturated carbocycles. The molecule has 1 unspecified atom stereocenters. The highest BCUT2D eigenvalue weighted by molar-refractivity contribution is 4.85. The van der Waals surface area contributed by atoms with Gasteiger partial charge < -0.3 is 10.2 Å². The van der Waals surface area contributed by atoms with E-state index < -0.39 is 0 Å². The SMILES string of the molecule is CN(C)CCCNCC1CCCC1(C)C. The monoisotopic (exact) mass is 212 g/mol. The Morgan fingerprint density at radius 2 is 2.07 bits per heavy atom. The van der Waals surface area contributed by atoms with Gasteiger partial charge in [-0.15, -0.1) is 0 Å². The predicted molar refractivity (Wildman–Crippen MR) is 67.2 cm³/mol. The van der Waals surface area contributed by atoms with E-state index in [1.54, 1.807) is 0 Å². The molecule has 1 fully saturated rings. The number of rotatable bonds is 6. The molecule has 0 aromatic carbocycles. The summed E-state index contributed by atoms with van der Waals surface area (Å²) in [7, 11) is 4.28. The second kappa shape index (κ2) is 5.86. The fourth-order valence-electron chi connectivity index (χ4n) is 2.57. The minimum atomic E-state index is 0.578. The van der Waals surface area contributed by atoms with Gasteiger partial charge in [0, 0.05) is 0 Å². The van der Waals surface area contributed by atoms with Crippen LogP contribution in [0.5, 0.6) is 0 Å². The molecule has 0 aromatic heterocycles. The molecule has 0 amide bonds. The summed E-state index contributed by atoms with van der Waals surface area (Å²) in [5.74, 6) is 0.900. The van der Waals surface area contributed by atoms with Crippen LogP contribution in [0.25, 0.3) is 0 Å². The maximum absolute atomic E-state index is 3.61. The zero-order valence-corrected chi connectivity index (χ0v) is 11.0. The van der Waals surface area contributed by atoms with Crippen molar-refractivity contribution in [1.29, 1.82) is 0 Å². The van der Waals surface area contributed by atoms with Crippen LogP contribution in [0.2, 0.25) is 0 Å². The zero-order chi connectivity index (χ0) is 11.3. The van der Waals surface area contributed by atoms with Gasteiger partial charge in [-0.1, -0.05) is 20.3 Å². The fraction of sp³-hybridized carbons (Fsp3) is 1.00. The van der Waals surface area contributed by atoms with Crippen molar-refractivity contribution >= 4 is 0 Å². The lowest BCUT2D eigenvalue weighted by Crippen LogP contribution is -2.31. The number of hydrogen-bond donors (Lipinski definition) is 1. The van der Waals surface area contributed by atoms with Crippen molar-refractivity contribution in [3.63, 3.8) is 0 Å². The Balaban J connectivity index is 2.05. The van der Waals surface area contributed by atoms with Gasteiger partial charge in [-0.2, -0.15) is 0 Å². The van der Waals surface area contributed by atoms with Crippen LogP contribution in [-0.2, 0) is 0 Å². The van der Waals surface area contributed by atoms with E-state index >= 15 is 0 Å². The van der Waals surface area contributed by atoms with Crippen molar-refractivity contribution in [3.05, 3.63) is 0 Å². The summed E-state index contributed by atoms with van der Waals surface area (Å²) in [4.78, 5) is 2.25. The summed E-state index contributed by atoms with van der Waals surface area (Å²) in [6, 6.07) is 0. The quantitative estimate of drug-likeness (QED) is 0.680. The molecule has 15 heavy (non-hydrogen) atoms. The molecule has 90 valence electrons. The standard InChI is InChI=1S/C13H28N2/c1-13(2)8-5-7-12(13)11-14-9-6-10-15(3)4/h12,14H,5-11H2,1-4H3. The largest absolute Gasteiger partial charge is 0.316 e. The average molecular weight is 212 g/mol. The summed E-state index contributed by atoms with van der Waals surface area (Å²) < 4.78 is 0. The lowest BCUT2D eigenvalue weighted by atomic mass is 9.82. The Morgan fingerprint density at radius 3 is 2.60 bits per heavy atom. The second-order valence-corrected chi connectivity index (χ2v) is 5.94. The molecule has 0 aliphatic heterocycles. The summed E-state index contributed by atoms with van der Waals surface area (Å²) >= 11 is 0. The maximum Gasteiger partial charge on any atom is -0.00127 e. The second-order valence-electron chi connectivity index (χ2n) is 5.94. The van der Waals surface area contributed by atoms with Crippen molar-refractivity contribution in [2.45, 2.75) is 39.5 Å². The summed E-state index contributed by atoms with van der Waals surface area (Å²) in [6.45, 7) is 8.44. The number of nitrogens with one attached hydrogen (secondary N) is 1. The minimum absolute atomic E-state index is 0.578. The summed E-state index contributed by atoms with van der Waals surface area (Å²) in [5.41, 5.74) is 0.578. The Labute approximate surface area is 95.4 Å². The Morgan fingerprint density at radius 1 is 1.33 bits per heavy atom. The van der Waals surface area contributed by atoms with Crippen LogP contribution >= 0.6 is 0 Å². The van der Waals surface area contributed by atoms with Gasteiger partial charge in [0.2, 0.25) is 0 Å². The third-order valence-electron chi connectivity index (χ3n) is 3.83. The van der Waals surface area contributed by atoms with Crippen LogP contribution in [0.3, 0.4) is 0 Å². The predicted octanol–water partition coefficient (Wildman–Crippen LogP) is 2.35. The summed E-state index contributed by atoms with van der Waals surface area (Å²) in [6.07, 6.45) is 5.53. The van der Waals surface area contributed by atoms with Crippen LogP contribution in [0, 0.1) is 11.3 Å². The smallest absolute Gasteiger partial charge is 0.00127 e. The van der Waals surface area contributed by atoms with Gasteiger partial charge in [-0.25, -0.2) is 0 Å². The third-order valence-corrected chi connectivity index (χ3v) is 3.83. The first kappa shape index (κ1) is 13.0. The molecule has 1 atom stereocenters. The molecule has 1 rings (SSSR count). The third kappa shape index (κ3) is 4.52. The molecule has 0 aromatic rings. The van der Waals surface area contributed by atoms with Crippen molar-refractivity contribution in [3.8, 4) is 0 Å². The summed E-state index contributed by atoms with van der Waals surface area (Å²) in [5, 5.41) is 3.61. The van der Waals surface area contributed by atoms with Gasteiger partial charge in [0.25, 0.3) is 0 Å². The highest BCUT2D eigenvalue weighted by Crippen LogP contribution is 2.41. The Bertz CT molecular complexity index is 175. The van der Waals surface area contributed by atoms with Crippen LogP contribution in [0.15, 0.2) is 0 Å². The van der Waals surface area contributed by atoms with Crippen molar-refractivity contribution < 1.29 is 0 Å². The molecule has 0 radical (unpaired) electrons. The van der Waals surface area contributed by atoms with Crippen molar-refractivity contribution in [1.82, 2.24) is 10.2 Å². The first-order valence-corrected chi connectivity index (χ1v) is 6.38. The first-order valence-electron chi connectivity index (χ1n) is 6.38. The van der Waals surface area contributed by atoms with Gasteiger partial charge in [-0.05, 0) is 64.3 Å². The van der Waals surface area contributed by atoms with Crippen molar-refractivity contribution in [2.75, 3.05) is 33.7 Å². The Kier molecular flexibility index (Phi) is 5.07. The van der Waals surface area contributed by atoms with Gasteiger partial charge in [0.05, 0.1) is 0 Å². The van der Waals surface area contributed by atoms with E-state index in [2.05, 4.69) is 38.2 Å². The van der Waals surface area contributed by atoms with E-state index in [-0.39, 0.29) is 0 Å². The molecule has 0 saturated heterocycles. The topological polar surface area (TPSA) is 15.3 Å². The molecule has 0 heterocycles. The van der Waals surface area contributed by atoms with Gasteiger partial charge in [0.1, 0.15) is 0 Å². The van der Waals surface area contributed by atoms with Crippen LogP contribution in [0.1, 0.15) is 39.5 Å². The molecule has 1 N–H and O–H groups in total. The molecule has 2 nitrogen and oxygen atoms in total. The molecule has 0 spiro atoms. The molecule has 0 bridgehead atoms. The highest BCUT2D eigenvalue weighted by atomic mass is 15.1. The number of hydrogen-bond acceptors (Lipinski definition) is 2. The molecule has 1 aliphatic rings. The van der Waals surface area contributed by atoms with Crippen molar-refractivity contribution in [2.24, 2.45) is 11.3 Å². The van der Waals surface area contributed by atoms with Gasteiger partial charge >= 0.3 is 0 Å². The van der Waals surface area contributed by atoms with Crippen LogP contribution in [-0.4, -0.2) is 38.6 Å². The maximum atomic E-state index is 3.61. The first-order chi connectivity index (χ1) is 7.02. The fourth-order valence-corrected chi connectivity index (χ4v) is 2.57. The zero-order valence-electron chi connectivity index (χ0n) is 11.0. The van der Waals surface area contributed by atoms with E-state index in [9.17, 15) is 0 Å². The lowest BCUT2D eigenvalue weighted by Gasteiger charge is -2.27. The van der Waals surface area contributed by atoms with E-state index in [1.807, 2.05) is 0 Å². The average Bonchev–Trinajstić information content (AvgIpc) is 2.44. The number of nitrogens with zero attached hydrogens (tertiary/aromatic N) is 1. The van der Waals surface area contributed by atoms with Gasteiger partial charge in [-0.3, -0.25) is 0 Å². The normalized spacial score (nSPS) is 25.0. The van der Waals surface area contributed by atoms with Crippen LogP contribution in [0.4, 0.5) is 0 Å². The van der Waals surface area contributed by atoms with Gasteiger partial charge in [0.15, 0.2) is 0 Å². The minimum Gasteiger partial charge on any atom is -0.316 e. The lowest BCUT2D eigenvalue weighted by molar-refractivity contribution is 0.250. The molecule has 2 heteroatoms.